The molecule has 0 aliphatic heterocycles. The summed E-state index contributed by atoms with van der Waals surface area (Å²) >= 11 is 5.86. The van der Waals surface area contributed by atoms with E-state index < -0.39 is 0 Å². The summed E-state index contributed by atoms with van der Waals surface area (Å²) in [5, 5.41) is 3.75. The second-order valence-electron chi connectivity index (χ2n) is 5.55. The first-order chi connectivity index (χ1) is 9.65. The third-order valence-electron chi connectivity index (χ3n) is 3.85. The van der Waals surface area contributed by atoms with Crippen molar-refractivity contribution in [1.29, 1.82) is 0 Å². The van der Waals surface area contributed by atoms with Crippen LogP contribution in [0.4, 0.5) is 4.39 Å². The molecule has 112 valence electrons. The van der Waals surface area contributed by atoms with Crippen LogP contribution < -0.4 is 5.32 Å². The highest BCUT2D eigenvalue weighted by atomic mass is 35.5. The Labute approximate surface area is 125 Å². The van der Waals surface area contributed by atoms with Gasteiger partial charge >= 0.3 is 0 Å². The van der Waals surface area contributed by atoms with Gasteiger partial charge in [-0.15, -0.1) is 0 Å². The van der Waals surface area contributed by atoms with Crippen LogP contribution in [0.1, 0.15) is 31.7 Å². The van der Waals surface area contributed by atoms with E-state index in [4.69, 9.17) is 16.3 Å². The lowest BCUT2D eigenvalue weighted by molar-refractivity contribution is 0.0511. The molecule has 1 aliphatic carbocycles. The molecule has 1 aliphatic rings. The molecular formula is C16H23ClFNO. The van der Waals surface area contributed by atoms with E-state index in [1.807, 2.05) is 6.07 Å². The van der Waals surface area contributed by atoms with Crippen LogP contribution in [0.2, 0.25) is 5.02 Å². The van der Waals surface area contributed by atoms with Crippen molar-refractivity contribution >= 4 is 11.6 Å². The van der Waals surface area contributed by atoms with Gasteiger partial charge in [-0.05, 0) is 55.8 Å². The smallest absolute Gasteiger partial charge is 0.141 e. The van der Waals surface area contributed by atoms with Gasteiger partial charge in [-0.3, -0.25) is 0 Å². The Morgan fingerprint density at radius 1 is 1.45 bits per heavy atom. The van der Waals surface area contributed by atoms with Crippen LogP contribution in [0.3, 0.4) is 0 Å². The van der Waals surface area contributed by atoms with Crippen LogP contribution in [0.15, 0.2) is 18.2 Å². The van der Waals surface area contributed by atoms with Crippen molar-refractivity contribution in [1.82, 2.24) is 5.32 Å². The number of rotatable bonds is 8. The molecule has 0 aromatic heterocycles. The van der Waals surface area contributed by atoms with Crippen LogP contribution in [0.5, 0.6) is 0 Å². The first kappa shape index (κ1) is 15.7. The summed E-state index contributed by atoms with van der Waals surface area (Å²) in [7, 11) is 1.78. The first-order valence-electron chi connectivity index (χ1n) is 7.35. The Morgan fingerprint density at radius 2 is 2.20 bits per heavy atom. The average molecular weight is 300 g/mol. The van der Waals surface area contributed by atoms with E-state index in [-0.39, 0.29) is 23.0 Å². The molecule has 1 fully saturated rings. The minimum atomic E-state index is -0.362. The van der Waals surface area contributed by atoms with Gasteiger partial charge < -0.3 is 10.1 Å². The molecule has 2 rings (SSSR count). The predicted octanol–water partition coefficient (Wildman–Crippen LogP) is 3.81. The molecule has 1 aromatic carbocycles. The van der Waals surface area contributed by atoms with E-state index in [9.17, 15) is 4.39 Å². The number of hydrogen-bond donors (Lipinski definition) is 1. The Kier molecular flexibility index (Phi) is 5.82. The summed E-state index contributed by atoms with van der Waals surface area (Å²) in [6, 6.07) is 5.22. The summed E-state index contributed by atoms with van der Waals surface area (Å²) in [4.78, 5) is 0. The molecule has 1 N–H and O–H groups in total. The van der Waals surface area contributed by atoms with Crippen molar-refractivity contribution in [2.75, 3.05) is 13.7 Å². The zero-order chi connectivity index (χ0) is 14.5. The maximum atomic E-state index is 13.2. The Balaban J connectivity index is 2.07. The van der Waals surface area contributed by atoms with E-state index >= 15 is 0 Å². The predicted molar refractivity (Wildman–Crippen MR) is 80.7 cm³/mol. The fraction of sp³-hybridized carbons (Fsp3) is 0.625. The Hall–Kier alpha value is -0.640. The van der Waals surface area contributed by atoms with Gasteiger partial charge in [0.05, 0.1) is 11.1 Å². The van der Waals surface area contributed by atoms with Crippen molar-refractivity contribution in [3.8, 4) is 0 Å². The van der Waals surface area contributed by atoms with Crippen molar-refractivity contribution in [3.05, 3.63) is 34.6 Å². The molecule has 0 bridgehead atoms. The zero-order valence-corrected chi connectivity index (χ0v) is 12.9. The highest BCUT2D eigenvalue weighted by Crippen LogP contribution is 2.36. The molecule has 1 saturated carbocycles. The van der Waals surface area contributed by atoms with Crippen LogP contribution >= 0.6 is 11.6 Å². The molecule has 0 radical (unpaired) electrons. The summed E-state index contributed by atoms with van der Waals surface area (Å²) in [6.45, 7) is 3.12. The maximum Gasteiger partial charge on any atom is 0.141 e. The van der Waals surface area contributed by atoms with Gasteiger partial charge in [0, 0.05) is 13.2 Å². The topological polar surface area (TPSA) is 21.3 Å². The van der Waals surface area contributed by atoms with Gasteiger partial charge in [0.25, 0.3) is 0 Å². The highest BCUT2D eigenvalue weighted by molar-refractivity contribution is 6.30. The van der Waals surface area contributed by atoms with E-state index in [1.54, 1.807) is 13.2 Å². The van der Waals surface area contributed by atoms with Crippen LogP contribution in [-0.2, 0) is 11.2 Å². The third kappa shape index (κ3) is 4.18. The largest absolute Gasteiger partial charge is 0.380 e. The van der Waals surface area contributed by atoms with E-state index in [0.29, 0.717) is 5.92 Å². The molecule has 0 amide bonds. The lowest BCUT2D eigenvalue weighted by Gasteiger charge is -2.27. The van der Waals surface area contributed by atoms with Gasteiger partial charge in [0.15, 0.2) is 0 Å². The monoisotopic (exact) mass is 299 g/mol. The number of halogens is 2. The van der Waals surface area contributed by atoms with E-state index in [0.717, 1.165) is 24.9 Å². The van der Waals surface area contributed by atoms with E-state index in [2.05, 4.69) is 12.2 Å². The first-order valence-corrected chi connectivity index (χ1v) is 7.73. The molecule has 0 heterocycles. The third-order valence-corrected chi connectivity index (χ3v) is 4.14. The lowest BCUT2D eigenvalue weighted by atomic mass is 9.98. The summed E-state index contributed by atoms with van der Waals surface area (Å²) < 4.78 is 18.9. The normalized spacial score (nSPS) is 18.0. The van der Waals surface area contributed by atoms with Gasteiger partial charge in [0.1, 0.15) is 5.82 Å². The fourth-order valence-electron chi connectivity index (χ4n) is 2.66. The van der Waals surface area contributed by atoms with E-state index in [1.165, 1.54) is 18.9 Å². The summed E-state index contributed by atoms with van der Waals surface area (Å²) in [5.41, 5.74) is 1.05. The van der Waals surface area contributed by atoms with Crippen molar-refractivity contribution < 1.29 is 9.13 Å². The molecule has 0 spiro atoms. The fourth-order valence-corrected chi connectivity index (χ4v) is 2.87. The number of hydrogen-bond acceptors (Lipinski definition) is 2. The SMILES string of the molecule is CCCNC(Cc1ccc(F)c(Cl)c1)C(OC)C1CC1. The van der Waals surface area contributed by atoms with Crippen molar-refractivity contribution in [2.24, 2.45) is 5.92 Å². The van der Waals surface area contributed by atoms with Crippen molar-refractivity contribution in [2.45, 2.75) is 44.8 Å². The van der Waals surface area contributed by atoms with Crippen LogP contribution in [-0.4, -0.2) is 25.8 Å². The Morgan fingerprint density at radius 3 is 2.75 bits per heavy atom. The minimum Gasteiger partial charge on any atom is -0.380 e. The Bertz CT molecular complexity index is 436. The average Bonchev–Trinajstić information content (AvgIpc) is 3.25. The molecule has 1 aromatic rings. The molecule has 0 saturated heterocycles. The molecule has 4 heteroatoms. The zero-order valence-electron chi connectivity index (χ0n) is 12.2. The molecule has 2 nitrogen and oxygen atoms in total. The van der Waals surface area contributed by atoms with Gasteiger partial charge in [-0.25, -0.2) is 4.39 Å². The molecular weight excluding hydrogens is 277 g/mol. The van der Waals surface area contributed by atoms with Gasteiger partial charge in [0.2, 0.25) is 0 Å². The number of ether oxygens (including phenoxy) is 1. The number of nitrogens with one attached hydrogen (secondary N) is 1. The second kappa shape index (κ2) is 7.39. The standard InChI is InChI=1S/C16H23ClFNO/c1-3-8-19-15(16(20-2)12-5-6-12)10-11-4-7-14(18)13(17)9-11/h4,7,9,12,15-16,19H,3,5-6,8,10H2,1-2H3. The number of methoxy groups -OCH3 is 1. The van der Waals surface area contributed by atoms with Gasteiger partial charge in [-0.1, -0.05) is 24.6 Å². The highest BCUT2D eigenvalue weighted by Gasteiger charge is 2.36. The number of benzene rings is 1. The van der Waals surface area contributed by atoms with Crippen molar-refractivity contribution in [3.63, 3.8) is 0 Å². The van der Waals surface area contributed by atoms with Gasteiger partial charge in [-0.2, -0.15) is 0 Å². The molecule has 2 unspecified atom stereocenters. The molecule has 20 heavy (non-hydrogen) atoms. The summed E-state index contributed by atoms with van der Waals surface area (Å²) in [6.07, 6.45) is 4.61. The molecule has 2 atom stereocenters. The maximum absolute atomic E-state index is 13.2. The lowest BCUT2D eigenvalue weighted by Crippen LogP contribution is -2.44. The minimum absolute atomic E-state index is 0.192. The van der Waals surface area contributed by atoms with Crippen LogP contribution in [0.25, 0.3) is 0 Å². The summed E-state index contributed by atoms with van der Waals surface area (Å²) in [5.74, 6) is 0.296. The quantitative estimate of drug-likeness (QED) is 0.788. The second-order valence-corrected chi connectivity index (χ2v) is 5.96. The van der Waals surface area contributed by atoms with Crippen LogP contribution in [0, 0.1) is 11.7 Å².